The molecule has 0 spiro atoms. The first-order valence-corrected chi connectivity index (χ1v) is 6.33. The van der Waals surface area contributed by atoms with Gasteiger partial charge in [0.2, 0.25) is 5.91 Å². The molecule has 4 nitrogen and oxygen atoms in total. The van der Waals surface area contributed by atoms with Gasteiger partial charge in [-0.05, 0) is 31.1 Å². The molecule has 4 heteroatoms. The van der Waals surface area contributed by atoms with Crippen LogP contribution in [0.5, 0.6) is 0 Å². The molecule has 4 unspecified atom stereocenters. The Labute approximate surface area is 102 Å². The van der Waals surface area contributed by atoms with Crippen molar-refractivity contribution in [1.82, 2.24) is 5.32 Å². The zero-order valence-electron chi connectivity index (χ0n) is 10.3. The summed E-state index contributed by atoms with van der Waals surface area (Å²) in [5.41, 5.74) is 0. The molecule has 0 saturated heterocycles. The SMILES string of the molecule is COCC(O)CCNC(=O)C1CC2C=CC1C2. The average Bonchev–Trinajstić information content (AvgIpc) is 2.90. The largest absolute Gasteiger partial charge is 0.391 e. The fraction of sp³-hybridized carbons (Fsp3) is 0.769. The van der Waals surface area contributed by atoms with Crippen molar-refractivity contribution in [2.75, 3.05) is 20.3 Å². The van der Waals surface area contributed by atoms with Gasteiger partial charge in [-0.3, -0.25) is 4.79 Å². The van der Waals surface area contributed by atoms with Crippen LogP contribution >= 0.6 is 0 Å². The van der Waals surface area contributed by atoms with Crippen LogP contribution in [0.4, 0.5) is 0 Å². The molecule has 0 aromatic rings. The maximum atomic E-state index is 11.9. The molecule has 2 bridgehead atoms. The Morgan fingerprint density at radius 2 is 2.35 bits per heavy atom. The van der Waals surface area contributed by atoms with Gasteiger partial charge >= 0.3 is 0 Å². The Balaban J connectivity index is 1.66. The van der Waals surface area contributed by atoms with Crippen molar-refractivity contribution in [2.45, 2.75) is 25.4 Å². The van der Waals surface area contributed by atoms with E-state index in [2.05, 4.69) is 17.5 Å². The van der Waals surface area contributed by atoms with E-state index in [0.29, 0.717) is 31.4 Å². The highest BCUT2D eigenvalue weighted by atomic mass is 16.5. The lowest BCUT2D eigenvalue weighted by atomic mass is 9.93. The number of hydrogen-bond donors (Lipinski definition) is 2. The Hall–Kier alpha value is -0.870. The van der Waals surface area contributed by atoms with Crippen LogP contribution in [0, 0.1) is 17.8 Å². The summed E-state index contributed by atoms with van der Waals surface area (Å²) in [4.78, 5) is 11.9. The van der Waals surface area contributed by atoms with Crippen LogP contribution < -0.4 is 5.32 Å². The molecule has 1 fully saturated rings. The van der Waals surface area contributed by atoms with Crippen molar-refractivity contribution in [1.29, 1.82) is 0 Å². The maximum Gasteiger partial charge on any atom is 0.223 e. The summed E-state index contributed by atoms with van der Waals surface area (Å²) in [5.74, 6) is 1.37. The second-order valence-electron chi connectivity index (χ2n) is 5.08. The van der Waals surface area contributed by atoms with Crippen molar-refractivity contribution < 1.29 is 14.6 Å². The summed E-state index contributed by atoms with van der Waals surface area (Å²) in [6, 6.07) is 0. The molecule has 0 aromatic heterocycles. The number of aliphatic hydroxyl groups excluding tert-OH is 1. The number of nitrogens with one attached hydrogen (secondary N) is 1. The van der Waals surface area contributed by atoms with Crippen molar-refractivity contribution >= 4 is 5.91 Å². The highest BCUT2D eigenvalue weighted by Crippen LogP contribution is 2.43. The molecular weight excluding hydrogens is 218 g/mol. The van der Waals surface area contributed by atoms with Gasteiger partial charge in [0.05, 0.1) is 12.7 Å². The van der Waals surface area contributed by atoms with Gasteiger partial charge in [0.15, 0.2) is 0 Å². The van der Waals surface area contributed by atoms with Gasteiger partial charge in [-0.1, -0.05) is 12.2 Å². The van der Waals surface area contributed by atoms with Crippen LogP contribution in [0.2, 0.25) is 0 Å². The Morgan fingerprint density at radius 3 is 2.94 bits per heavy atom. The van der Waals surface area contributed by atoms with E-state index in [4.69, 9.17) is 4.74 Å². The Kier molecular flexibility index (Phi) is 4.18. The minimum Gasteiger partial charge on any atom is -0.391 e. The summed E-state index contributed by atoms with van der Waals surface area (Å²) in [6.07, 6.45) is 6.61. The molecule has 17 heavy (non-hydrogen) atoms. The average molecular weight is 239 g/mol. The molecule has 2 rings (SSSR count). The van der Waals surface area contributed by atoms with Gasteiger partial charge < -0.3 is 15.2 Å². The lowest BCUT2D eigenvalue weighted by Crippen LogP contribution is -2.35. The fourth-order valence-corrected chi connectivity index (χ4v) is 2.85. The molecule has 96 valence electrons. The van der Waals surface area contributed by atoms with E-state index >= 15 is 0 Å². The van der Waals surface area contributed by atoms with Gasteiger partial charge in [0.25, 0.3) is 0 Å². The molecule has 0 aliphatic heterocycles. The van der Waals surface area contributed by atoms with E-state index in [1.165, 1.54) is 0 Å². The third-order valence-corrected chi connectivity index (χ3v) is 3.75. The minimum atomic E-state index is -0.486. The standard InChI is InChI=1S/C13H21NO3/c1-17-8-11(15)4-5-14-13(16)12-7-9-2-3-10(12)6-9/h2-3,9-12,15H,4-8H2,1H3,(H,14,16). The molecular formula is C13H21NO3. The van der Waals surface area contributed by atoms with Crippen LogP contribution in [0.3, 0.4) is 0 Å². The minimum absolute atomic E-state index is 0.145. The van der Waals surface area contributed by atoms with Gasteiger partial charge in [0.1, 0.15) is 0 Å². The van der Waals surface area contributed by atoms with Crippen LogP contribution in [0.1, 0.15) is 19.3 Å². The molecule has 0 aromatic carbocycles. The van der Waals surface area contributed by atoms with Crippen LogP contribution in [0.15, 0.2) is 12.2 Å². The third kappa shape index (κ3) is 3.07. The topological polar surface area (TPSA) is 58.6 Å². The Morgan fingerprint density at radius 1 is 1.53 bits per heavy atom. The predicted molar refractivity (Wildman–Crippen MR) is 64.4 cm³/mol. The quantitative estimate of drug-likeness (QED) is 0.671. The van der Waals surface area contributed by atoms with E-state index in [1.54, 1.807) is 7.11 Å². The van der Waals surface area contributed by atoms with Crippen LogP contribution in [-0.4, -0.2) is 37.4 Å². The molecule has 2 N–H and O–H groups in total. The summed E-state index contributed by atoms with van der Waals surface area (Å²) in [5, 5.41) is 12.4. The van der Waals surface area contributed by atoms with E-state index in [9.17, 15) is 9.90 Å². The van der Waals surface area contributed by atoms with Crippen molar-refractivity contribution in [3.8, 4) is 0 Å². The number of amides is 1. The van der Waals surface area contributed by atoms with Crippen molar-refractivity contribution in [3.05, 3.63) is 12.2 Å². The number of fused-ring (bicyclic) bond motifs is 2. The zero-order valence-corrected chi connectivity index (χ0v) is 10.3. The molecule has 0 radical (unpaired) electrons. The van der Waals surface area contributed by atoms with E-state index in [0.717, 1.165) is 12.8 Å². The van der Waals surface area contributed by atoms with Crippen LogP contribution in [-0.2, 0) is 9.53 Å². The predicted octanol–water partition coefficient (Wildman–Crippen LogP) is 0.712. The first-order chi connectivity index (χ1) is 8.20. The lowest BCUT2D eigenvalue weighted by Gasteiger charge is -2.18. The summed E-state index contributed by atoms with van der Waals surface area (Å²) < 4.78 is 4.83. The summed E-state index contributed by atoms with van der Waals surface area (Å²) in [6.45, 7) is 0.855. The molecule has 1 amide bonds. The number of aliphatic hydroxyl groups is 1. The molecule has 0 heterocycles. The van der Waals surface area contributed by atoms with Gasteiger partial charge in [-0.25, -0.2) is 0 Å². The second-order valence-corrected chi connectivity index (χ2v) is 5.08. The number of carbonyl (C=O) groups is 1. The first kappa shape index (κ1) is 12.6. The number of rotatable bonds is 6. The normalized spacial score (nSPS) is 31.8. The highest BCUT2D eigenvalue weighted by molar-refractivity contribution is 5.79. The molecule has 1 saturated carbocycles. The number of methoxy groups -OCH3 is 1. The number of carbonyl (C=O) groups excluding carboxylic acids is 1. The Bertz CT molecular complexity index is 303. The third-order valence-electron chi connectivity index (χ3n) is 3.75. The van der Waals surface area contributed by atoms with Gasteiger partial charge in [0, 0.05) is 19.6 Å². The fourth-order valence-electron chi connectivity index (χ4n) is 2.85. The lowest BCUT2D eigenvalue weighted by molar-refractivity contribution is -0.125. The number of ether oxygens (including phenoxy) is 1. The second kappa shape index (κ2) is 5.65. The van der Waals surface area contributed by atoms with Gasteiger partial charge in [-0.2, -0.15) is 0 Å². The molecule has 2 aliphatic carbocycles. The summed E-state index contributed by atoms with van der Waals surface area (Å²) >= 11 is 0. The van der Waals surface area contributed by atoms with Gasteiger partial charge in [-0.15, -0.1) is 0 Å². The number of hydrogen-bond acceptors (Lipinski definition) is 3. The molecule has 4 atom stereocenters. The van der Waals surface area contributed by atoms with Crippen LogP contribution in [0.25, 0.3) is 0 Å². The highest BCUT2D eigenvalue weighted by Gasteiger charge is 2.39. The number of allylic oxidation sites excluding steroid dienone is 2. The van der Waals surface area contributed by atoms with E-state index in [1.807, 2.05) is 0 Å². The van der Waals surface area contributed by atoms with E-state index in [-0.39, 0.29) is 11.8 Å². The monoisotopic (exact) mass is 239 g/mol. The first-order valence-electron chi connectivity index (χ1n) is 6.33. The summed E-state index contributed by atoms with van der Waals surface area (Å²) in [7, 11) is 1.56. The molecule has 2 aliphatic rings. The smallest absolute Gasteiger partial charge is 0.223 e. The van der Waals surface area contributed by atoms with Crippen molar-refractivity contribution in [3.63, 3.8) is 0 Å². The maximum absolute atomic E-state index is 11.9. The zero-order chi connectivity index (χ0) is 12.3. The van der Waals surface area contributed by atoms with E-state index < -0.39 is 6.10 Å². The van der Waals surface area contributed by atoms with Crippen molar-refractivity contribution in [2.24, 2.45) is 17.8 Å².